The van der Waals surface area contributed by atoms with Gasteiger partial charge >= 0.3 is 22.3 Å². The maximum Gasteiger partial charge on any atom is 0.422 e. The third-order valence-electron chi connectivity index (χ3n) is 1.62. The Hall–Kier alpha value is -1.35. The maximum atomic E-state index is 11.4. The van der Waals surface area contributed by atoms with Gasteiger partial charge < -0.3 is 9.47 Å². The molecule has 1 amide bonds. The SMILES string of the molecule is COC(=O)CC(C)NS(=O)(=O)NC(=O)OC(C)C. The molecule has 0 fully saturated rings. The molecular formula is C9H18N2O6S. The zero-order valence-electron chi connectivity index (χ0n) is 10.7. The molecule has 2 N–H and O–H groups in total. The van der Waals surface area contributed by atoms with E-state index in [4.69, 9.17) is 0 Å². The molecule has 0 aliphatic carbocycles. The normalized spacial score (nSPS) is 12.9. The van der Waals surface area contributed by atoms with E-state index in [-0.39, 0.29) is 6.42 Å². The maximum absolute atomic E-state index is 11.4. The zero-order valence-corrected chi connectivity index (χ0v) is 11.5. The number of rotatable bonds is 6. The van der Waals surface area contributed by atoms with Crippen molar-refractivity contribution in [2.24, 2.45) is 0 Å². The van der Waals surface area contributed by atoms with Crippen LogP contribution in [0, 0.1) is 0 Å². The summed E-state index contributed by atoms with van der Waals surface area (Å²) in [5.74, 6) is -0.560. The lowest BCUT2D eigenvalue weighted by Crippen LogP contribution is -2.45. The van der Waals surface area contributed by atoms with Crippen LogP contribution in [0.4, 0.5) is 4.79 Å². The highest BCUT2D eigenvalue weighted by molar-refractivity contribution is 7.88. The van der Waals surface area contributed by atoms with Crippen LogP contribution in [0.15, 0.2) is 0 Å². The first-order chi connectivity index (χ1) is 8.16. The van der Waals surface area contributed by atoms with E-state index in [2.05, 4.69) is 14.2 Å². The molecule has 9 heteroatoms. The third-order valence-corrected chi connectivity index (χ3v) is 2.77. The molecule has 0 aliphatic rings. The molecule has 0 heterocycles. The highest BCUT2D eigenvalue weighted by Crippen LogP contribution is 1.96. The molecule has 0 aliphatic heterocycles. The molecule has 0 spiro atoms. The summed E-state index contributed by atoms with van der Waals surface area (Å²) in [5.41, 5.74) is 0. The first-order valence-corrected chi connectivity index (χ1v) is 6.72. The van der Waals surface area contributed by atoms with E-state index in [1.807, 2.05) is 0 Å². The van der Waals surface area contributed by atoms with E-state index in [1.54, 1.807) is 18.6 Å². The molecule has 106 valence electrons. The number of esters is 1. The van der Waals surface area contributed by atoms with Crippen molar-refractivity contribution in [1.29, 1.82) is 0 Å². The second kappa shape index (κ2) is 7.17. The van der Waals surface area contributed by atoms with Crippen molar-refractivity contribution in [3.05, 3.63) is 0 Å². The molecule has 8 nitrogen and oxygen atoms in total. The lowest BCUT2D eigenvalue weighted by Gasteiger charge is -2.14. The lowest BCUT2D eigenvalue weighted by atomic mass is 10.3. The van der Waals surface area contributed by atoms with Crippen LogP contribution in [0.5, 0.6) is 0 Å². The largest absolute Gasteiger partial charge is 0.469 e. The fourth-order valence-electron chi connectivity index (χ4n) is 1.02. The van der Waals surface area contributed by atoms with Gasteiger partial charge in [-0.15, -0.1) is 0 Å². The summed E-state index contributed by atoms with van der Waals surface area (Å²) in [6.07, 6.45) is -1.66. The van der Waals surface area contributed by atoms with Crippen molar-refractivity contribution < 1.29 is 27.5 Å². The molecule has 0 radical (unpaired) electrons. The Balaban J connectivity index is 4.31. The standard InChI is InChI=1S/C9H18N2O6S/c1-6(2)17-9(13)11-18(14,15)10-7(3)5-8(12)16-4/h6-7,10H,5H2,1-4H3,(H,11,13). The van der Waals surface area contributed by atoms with Gasteiger partial charge in [0, 0.05) is 6.04 Å². The van der Waals surface area contributed by atoms with E-state index in [0.717, 1.165) is 0 Å². The van der Waals surface area contributed by atoms with Crippen LogP contribution < -0.4 is 9.44 Å². The fraction of sp³-hybridized carbons (Fsp3) is 0.778. The average Bonchev–Trinajstić information content (AvgIpc) is 2.13. The highest BCUT2D eigenvalue weighted by atomic mass is 32.2. The number of carbonyl (C=O) groups is 2. The molecule has 0 aromatic rings. The molecule has 1 atom stereocenters. The zero-order chi connectivity index (χ0) is 14.3. The summed E-state index contributed by atoms with van der Waals surface area (Å²) < 4.78 is 35.6. The molecule has 0 aromatic carbocycles. The van der Waals surface area contributed by atoms with Crippen molar-refractivity contribution in [2.45, 2.75) is 39.3 Å². The highest BCUT2D eigenvalue weighted by Gasteiger charge is 2.20. The van der Waals surface area contributed by atoms with E-state index < -0.39 is 34.4 Å². The molecular weight excluding hydrogens is 264 g/mol. The van der Waals surface area contributed by atoms with Gasteiger partial charge in [0.1, 0.15) is 0 Å². The first kappa shape index (κ1) is 16.6. The molecule has 1 unspecified atom stereocenters. The van der Waals surface area contributed by atoms with E-state index in [9.17, 15) is 18.0 Å². The monoisotopic (exact) mass is 282 g/mol. The van der Waals surface area contributed by atoms with Crippen molar-refractivity contribution in [1.82, 2.24) is 9.44 Å². The summed E-state index contributed by atoms with van der Waals surface area (Å²) in [6.45, 7) is 4.63. The van der Waals surface area contributed by atoms with Gasteiger partial charge in [-0.25, -0.2) is 9.52 Å². The van der Waals surface area contributed by atoms with Crippen LogP contribution in [0.3, 0.4) is 0 Å². The van der Waals surface area contributed by atoms with Crippen molar-refractivity contribution in [2.75, 3.05) is 7.11 Å². The minimum absolute atomic E-state index is 0.142. The Morgan fingerprint density at radius 3 is 2.22 bits per heavy atom. The van der Waals surface area contributed by atoms with Crippen LogP contribution in [0.2, 0.25) is 0 Å². The number of hydrogen-bond acceptors (Lipinski definition) is 6. The van der Waals surface area contributed by atoms with E-state index in [0.29, 0.717) is 0 Å². The van der Waals surface area contributed by atoms with Crippen LogP contribution in [-0.2, 0) is 24.5 Å². The molecule has 0 saturated carbocycles. The van der Waals surface area contributed by atoms with Crippen molar-refractivity contribution in [3.8, 4) is 0 Å². The van der Waals surface area contributed by atoms with Gasteiger partial charge in [0.25, 0.3) is 0 Å². The summed E-state index contributed by atoms with van der Waals surface area (Å²) in [4.78, 5) is 22.0. The molecule has 0 aromatic heterocycles. The van der Waals surface area contributed by atoms with Gasteiger partial charge in [0.05, 0.1) is 19.6 Å². The lowest BCUT2D eigenvalue weighted by molar-refractivity contribution is -0.140. The van der Waals surface area contributed by atoms with Gasteiger partial charge in [-0.1, -0.05) is 0 Å². The topological polar surface area (TPSA) is 111 Å². The minimum atomic E-state index is -4.06. The Morgan fingerprint density at radius 1 is 1.22 bits per heavy atom. The van der Waals surface area contributed by atoms with Gasteiger partial charge in [0.2, 0.25) is 0 Å². The van der Waals surface area contributed by atoms with Crippen molar-refractivity contribution >= 4 is 22.3 Å². The molecule has 0 bridgehead atoms. The number of amides is 1. The summed E-state index contributed by atoms with van der Waals surface area (Å²) in [6, 6.07) is -0.707. The fourth-order valence-corrected chi connectivity index (χ4v) is 1.96. The summed E-state index contributed by atoms with van der Waals surface area (Å²) in [5, 5.41) is 0. The smallest absolute Gasteiger partial charge is 0.422 e. The van der Waals surface area contributed by atoms with E-state index >= 15 is 0 Å². The number of methoxy groups -OCH3 is 1. The Morgan fingerprint density at radius 2 is 1.78 bits per heavy atom. The first-order valence-electron chi connectivity index (χ1n) is 5.23. The number of carbonyl (C=O) groups excluding carboxylic acids is 2. The van der Waals surface area contributed by atoms with Crippen LogP contribution in [0.25, 0.3) is 0 Å². The van der Waals surface area contributed by atoms with Gasteiger partial charge in [-0.3, -0.25) is 4.79 Å². The second-order valence-corrected chi connectivity index (χ2v) is 5.31. The Bertz CT molecular complexity index is 392. The second-order valence-electron chi connectivity index (χ2n) is 3.86. The number of ether oxygens (including phenoxy) is 2. The van der Waals surface area contributed by atoms with Gasteiger partial charge in [0.15, 0.2) is 0 Å². The van der Waals surface area contributed by atoms with Crippen LogP contribution in [-0.4, -0.2) is 39.7 Å². The molecule has 0 saturated heterocycles. The van der Waals surface area contributed by atoms with Gasteiger partial charge in [-0.2, -0.15) is 13.1 Å². The van der Waals surface area contributed by atoms with Gasteiger partial charge in [-0.05, 0) is 20.8 Å². The van der Waals surface area contributed by atoms with Crippen LogP contribution >= 0.6 is 0 Å². The summed E-state index contributed by atoms with van der Waals surface area (Å²) >= 11 is 0. The predicted octanol–water partition coefficient (Wildman–Crippen LogP) is -0.0930. The number of hydrogen-bond donors (Lipinski definition) is 2. The summed E-state index contributed by atoms with van der Waals surface area (Å²) in [7, 11) is -2.87. The molecule has 18 heavy (non-hydrogen) atoms. The Labute approximate surface area is 106 Å². The third kappa shape index (κ3) is 7.85. The van der Waals surface area contributed by atoms with Crippen molar-refractivity contribution in [3.63, 3.8) is 0 Å². The molecule has 0 rings (SSSR count). The average molecular weight is 282 g/mol. The quantitative estimate of drug-likeness (QED) is 0.658. The predicted molar refractivity (Wildman–Crippen MR) is 62.9 cm³/mol. The Kier molecular flexibility index (Phi) is 6.63. The number of nitrogens with one attached hydrogen (secondary N) is 2. The van der Waals surface area contributed by atoms with E-state index in [1.165, 1.54) is 14.0 Å². The minimum Gasteiger partial charge on any atom is -0.469 e. The van der Waals surface area contributed by atoms with Crippen LogP contribution in [0.1, 0.15) is 27.2 Å².